The topological polar surface area (TPSA) is 64.6 Å². The van der Waals surface area contributed by atoms with Crippen molar-refractivity contribution in [1.29, 1.82) is 0 Å². The van der Waals surface area contributed by atoms with E-state index in [1.807, 2.05) is 24.3 Å². The summed E-state index contributed by atoms with van der Waals surface area (Å²) in [6.07, 6.45) is 0.730. The van der Waals surface area contributed by atoms with Crippen molar-refractivity contribution < 1.29 is 9.90 Å². The second kappa shape index (κ2) is 5.51. The van der Waals surface area contributed by atoms with E-state index in [0.29, 0.717) is 6.54 Å². The first kappa shape index (κ1) is 14.5. The van der Waals surface area contributed by atoms with Crippen LogP contribution in [-0.2, 0) is 6.54 Å². The Kier molecular flexibility index (Phi) is 3.47. The highest BCUT2D eigenvalue weighted by atomic mass is 16.3. The average molecular weight is 311 g/mol. The van der Waals surface area contributed by atoms with Crippen molar-refractivity contribution in [2.45, 2.75) is 31.2 Å². The number of fused-ring (bicyclic) bond motifs is 1. The minimum atomic E-state index is -0.781. The molecule has 0 saturated carbocycles. The number of hydrogen-bond acceptors (Lipinski definition) is 3. The molecule has 1 spiro atoms. The second-order valence-corrected chi connectivity index (χ2v) is 6.48. The molecule has 1 unspecified atom stereocenters. The fourth-order valence-corrected chi connectivity index (χ4v) is 3.79. The van der Waals surface area contributed by atoms with Gasteiger partial charge in [0.1, 0.15) is 0 Å². The van der Waals surface area contributed by atoms with E-state index in [0.717, 1.165) is 42.3 Å². The van der Waals surface area contributed by atoms with Crippen LogP contribution in [0.5, 0.6) is 0 Å². The molecule has 4 rings (SSSR count). The summed E-state index contributed by atoms with van der Waals surface area (Å²) in [5.74, 6) is 0. The SMILES string of the molecule is O=C1NC2(CCNCC2)C(O)N1Cc1cccc2ccccc12. The van der Waals surface area contributed by atoms with Crippen LogP contribution >= 0.6 is 0 Å². The molecule has 2 heterocycles. The van der Waals surface area contributed by atoms with Gasteiger partial charge in [-0.2, -0.15) is 0 Å². The predicted molar refractivity (Wildman–Crippen MR) is 88.9 cm³/mol. The molecule has 0 bridgehead atoms. The third-order valence-corrected chi connectivity index (χ3v) is 5.12. The van der Waals surface area contributed by atoms with E-state index < -0.39 is 11.8 Å². The van der Waals surface area contributed by atoms with E-state index in [1.165, 1.54) is 0 Å². The Bertz CT molecular complexity index is 735. The van der Waals surface area contributed by atoms with Crippen LogP contribution in [0.2, 0.25) is 0 Å². The molecule has 2 aromatic rings. The summed E-state index contributed by atoms with van der Waals surface area (Å²) in [5.41, 5.74) is 0.552. The number of hydrogen-bond donors (Lipinski definition) is 3. The minimum Gasteiger partial charge on any atom is -0.371 e. The Morgan fingerprint density at radius 2 is 1.87 bits per heavy atom. The van der Waals surface area contributed by atoms with Crippen molar-refractivity contribution in [2.75, 3.05) is 13.1 Å². The van der Waals surface area contributed by atoms with Crippen molar-refractivity contribution in [2.24, 2.45) is 0 Å². The van der Waals surface area contributed by atoms with Gasteiger partial charge < -0.3 is 15.7 Å². The normalized spacial score (nSPS) is 23.4. The highest BCUT2D eigenvalue weighted by Gasteiger charge is 2.50. The minimum absolute atomic E-state index is 0.174. The lowest BCUT2D eigenvalue weighted by Crippen LogP contribution is -2.56. The number of carbonyl (C=O) groups excluding carboxylic acids is 1. The number of rotatable bonds is 2. The summed E-state index contributed by atoms with van der Waals surface area (Å²) in [7, 11) is 0. The Morgan fingerprint density at radius 3 is 2.70 bits per heavy atom. The zero-order valence-electron chi connectivity index (χ0n) is 13.0. The Morgan fingerprint density at radius 1 is 1.13 bits per heavy atom. The lowest BCUT2D eigenvalue weighted by Gasteiger charge is -2.36. The van der Waals surface area contributed by atoms with Crippen LogP contribution in [0.1, 0.15) is 18.4 Å². The molecule has 2 amide bonds. The van der Waals surface area contributed by atoms with Crippen molar-refractivity contribution in [3.63, 3.8) is 0 Å². The van der Waals surface area contributed by atoms with Crippen LogP contribution in [0.4, 0.5) is 4.79 Å². The van der Waals surface area contributed by atoms with Gasteiger partial charge in [0.05, 0.1) is 12.1 Å². The van der Waals surface area contributed by atoms with E-state index in [1.54, 1.807) is 4.90 Å². The maximum absolute atomic E-state index is 12.4. The first-order valence-corrected chi connectivity index (χ1v) is 8.14. The van der Waals surface area contributed by atoms with Gasteiger partial charge in [0.25, 0.3) is 0 Å². The lowest BCUT2D eigenvalue weighted by atomic mass is 9.87. The van der Waals surface area contributed by atoms with Gasteiger partial charge in [0, 0.05) is 0 Å². The molecule has 0 radical (unpaired) electrons. The van der Waals surface area contributed by atoms with Crippen molar-refractivity contribution in [1.82, 2.24) is 15.5 Å². The summed E-state index contributed by atoms with van der Waals surface area (Å²) in [5, 5.41) is 19.4. The first-order valence-electron chi connectivity index (χ1n) is 8.14. The van der Waals surface area contributed by atoms with Crippen LogP contribution in [0.15, 0.2) is 42.5 Å². The van der Waals surface area contributed by atoms with Crippen LogP contribution in [-0.4, -0.2) is 40.9 Å². The summed E-state index contributed by atoms with van der Waals surface area (Å²) in [6.45, 7) is 2.06. The van der Waals surface area contributed by atoms with Gasteiger partial charge in [-0.15, -0.1) is 0 Å². The quantitative estimate of drug-likeness (QED) is 0.792. The Hall–Kier alpha value is -2.11. The van der Waals surface area contributed by atoms with Gasteiger partial charge in [-0.3, -0.25) is 4.90 Å². The molecule has 3 N–H and O–H groups in total. The molecular formula is C18H21N3O2. The molecule has 2 aliphatic rings. The van der Waals surface area contributed by atoms with E-state index in [4.69, 9.17) is 0 Å². The average Bonchev–Trinajstić information content (AvgIpc) is 2.80. The van der Waals surface area contributed by atoms with Crippen LogP contribution in [0.3, 0.4) is 0 Å². The van der Waals surface area contributed by atoms with Crippen molar-refractivity contribution in [3.05, 3.63) is 48.0 Å². The molecular weight excluding hydrogens is 290 g/mol. The predicted octanol–water partition coefficient (Wildman–Crippen LogP) is 1.81. The lowest BCUT2D eigenvalue weighted by molar-refractivity contribution is -0.0133. The monoisotopic (exact) mass is 311 g/mol. The smallest absolute Gasteiger partial charge is 0.320 e. The summed E-state index contributed by atoms with van der Waals surface area (Å²) < 4.78 is 0. The third-order valence-electron chi connectivity index (χ3n) is 5.12. The molecule has 2 fully saturated rings. The maximum atomic E-state index is 12.4. The Balaban J connectivity index is 1.64. The van der Waals surface area contributed by atoms with Gasteiger partial charge in [0.15, 0.2) is 6.23 Å². The summed E-state index contributed by atoms with van der Waals surface area (Å²) >= 11 is 0. The molecule has 0 aliphatic carbocycles. The molecule has 2 aromatic carbocycles. The van der Waals surface area contributed by atoms with Gasteiger partial charge >= 0.3 is 6.03 Å². The Labute approximate surface area is 135 Å². The van der Waals surface area contributed by atoms with Crippen molar-refractivity contribution in [3.8, 4) is 0 Å². The van der Waals surface area contributed by atoms with E-state index in [9.17, 15) is 9.90 Å². The van der Waals surface area contributed by atoms with Crippen molar-refractivity contribution >= 4 is 16.8 Å². The van der Waals surface area contributed by atoms with Gasteiger partial charge in [0.2, 0.25) is 0 Å². The van der Waals surface area contributed by atoms with Crippen LogP contribution in [0.25, 0.3) is 10.8 Å². The summed E-state index contributed by atoms with van der Waals surface area (Å²) in [4.78, 5) is 14.0. The molecule has 23 heavy (non-hydrogen) atoms. The zero-order valence-corrected chi connectivity index (χ0v) is 13.0. The number of aliphatic hydroxyl groups is 1. The molecule has 1 atom stereocenters. The number of aliphatic hydroxyl groups excluding tert-OH is 1. The molecule has 120 valence electrons. The number of piperidine rings is 1. The second-order valence-electron chi connectivity index (χ2n) is 6.48. The van der Waals surface area contributed by atoms with E-state index in [-0.39, 0.29) is 6.03 Å². The van der Waals surface area contributed by atoms with Gasteiger partial charge in [-0.25, -0.2) is 4.79 Å². The van der Waals surface area contributed by atoms with Crippen LogP contribution < -0.4 is 10.6 Å². The number of nitrogens with zero attached hydrogens (tertiary/aromatic N) is 1. The number of nitrogens with one attached hydrogen (secondary N) is 2. The molecule has 0 aromatic heterocycles. The summed E-state index contributed by atoms with van der Waals surface area (Å²) in [6, 6.07) is 14.0. The highest BCUT2D eigenvalue weighted by Crippen LogP contribution is 2.32. The zero-order chi connectivity index (χ0) is 15.9. The molecule has 5 nitrogen and oxygen atoms in total. The standard InChI is InChI=1S/C18H21N3O2/c22-16-18(8-10-19-11-9-18)20-17(23)21(16)12-14-6-3-5-13-4-1-2-7-15(13)14/h1-7,16,19,22H,8-12H2,(H,20,23). The molecule has 5 heteroatoms. The number of urea groups is 1. The van der Waals surface area contributed by atoms with E-state index >= 15 is 0 Å². The van der Waals surface area contributed by atoms with Gasteiger partial charge in [-0.05, 0) is 42.3 Å². The fraction of sp³-hybridized carbons (Fsp3) is 0.389. The van der Waals surface area contributed by atoms with Gasteiger partial charge in [-0.1, -0.05) is 42.5 Å². The highest BCUT2D eigenvalue weighted by molar-refractivity contribution is 5.86. The largest absolute Gasteiger partial charge is 0.371 e. The van der Waals surface area contributed by atoms with Crippen LogP contribution in [0, 0.1) is 0 Å². The number of carbonyl (C=O) groups is 1. The fourth-order valence-electron chi connectivity index (χ4n) is 3.79. The van der Waals surface area contributed by atoms with E-state index in [2.05, 4.69) is 28.8 Å². The number of amides is 2. The molecule has 2 aliphatic heterocycles. The maximum Gasteiger partial charge on any atom is 0.320 e. The number of benzene rings is 2. The molecule has 2 saturated heterocycles. The third kappa shape index (κ3) is 2.36. The first-order chi connectivity index (χ1) is 11.2.